The predicted octanol–water partition coefficient (Wildman–Crippen LogP) is -0.566. The van der Waals surface area contributed by atoms with Crippen LogP contribution in [0.5, 0.6) is 0 Å². The molecule has 2 heterocycles. The van der Waals surface area contributed by atoms with Gasteiger partial charge in [0.1, 0.15) is 6.29 Å². The van der Waals surface area contributed by atoms with Gasteiger partial charge in [-0.1, -0.05) is 0 Å². The Morgan fingerprint density at radius 2 is 2.50 bits per heavy atom. The number of carbonyl (C=O) groups excluding carboxylic acids is 2. The summed E-state index contributed by atoms with van der Waals surface area (Å²) >= 11 is 0. The molecule has 0 unspecified atom stereocenters. The number of hydrogen-bond donors (Lipinski definition) is 1. The smallest absolute Gasteiger partial charge is 0.244 e. The molecule has 0 fully saturated rings. The topological polar surface area (TPSA) is 75.2 Å². The predicted molar refractivity (Wildman–Crippen MR) is 48.9 cm³/mol. The van der Waals surface area contributed by atoms with Gasteiger partial charge in [0.15, 0.2) is 5.82 Å². The molecule has 1 aromatic rings. The molecule has 72 valence electrons. The lowest BCUT2D eigenvalue weighted by Gasteiger charge is -2.26. The van der Waals surface area contributed by atoms with Crippen molar-refractivity contribution in [2.45, 2.75) is 0 Å². The molecular weight excluding hydrogens is 184 g/mol. The number of aldehydes is 1. The Morgan fingerprint density at radius 1 is 1.64 bits per heavy atom. The van der Waals surface area contributed by atoms with Crippen LogP contribution in [-0.4, -0.2) is 35.5 Å². The fraction of sp³-hybridized carbons (Fsp3) is 0.250. The van der Waals surface area contributed by atoms with Crippen LogP contribution in [0.1, 0.15) is 0 Å². The van der Waals surface area contributed by atoms with Crippen LogP contribution in [0.25, 0.3) is 0 Å². The minimum absolute atomic E-state index is 0.143. The summed E-state index contributed by atoms with van der Waals surface area (Å²) in [6.07, 6.45) is 2.22. The highest BCUT2D eigenvalue weighted by Crippen LogP contribution is 2.24. The van der Waals surface area contributed by atoms with Gasteiger partial charge in [-0.15, -0.1) is 5.10 Å². The van der Waals surface area contributed by atoms with E-state index in [-0.39, 0.29) is 19.0 Å². The maximum Gasteiger partial charge on any atom is 0.244 e. The maximum atomic E-state index is 11.2. The highest BCUT2D eigenvalue weighted by Gasteiger charge is 2.22. The zero-order valence-corrected chi connectivity index (χ0v) is 7.30. The van der Waals surface area contributed by atoms with E-state index in [0.717, 1.165) is 6.29 Å². The van der Waals surface area contributed by atoms with Crippen LogP contribution < -0.4 is 10.2 Å². The molecule has 1 N–H and O–H groups in total. The van der Waals surface area contributed by atoms with Crippen molar-refractivity contribution in [1.82, 2.24) is 10.2 Å². The Labute approximate surface area is 79.9 Å². The molecule has 14 heavy (non-hydrogen) atoms. The monoisotopic (exact) mass is 192 g/mol. The van der Waals surface area contributed by atoms with Gasteiger partial charge in [0.25, 0.3) is 0 Å². The Morgan fingerprint density at radius 3 is 3.29 bits per heavy atom. The summed E-state index contributed by atoms with van der Waals surface area (Å²) in [5, 5.41) is 10.2. The summed E-state index contributed by atoms with van der Waals surface area (Å²) in [4.78, 5) is 23.1. The summed E-state index contributed by atoms with van der Waals surface area (Å²) in [7, 11) is 0. The first-order chi connectivity index (χ1) is 6.81. The van der Waals surface area contributed by atoms with Crippen molar-refractivity contribution in [2.24, 2.45) is 0 Å². The number of nitrogens with one attached hydrogen (secondary N) is 1. The van der Waals surface area contributed by atoms with Crippen molar-refractivity contribution in [3.8, 4) is 0 Å². The lowest BCUT2D eigenvalue weighted by molar-refractivity contribution is -0.115. The summed E-state index contributed by atoms with van der Waals surface area (Å²) < 4.78 is 0. The van der Waals surface area contributed by atoms with Gasteiger partial charge in [0, 0.05) is 0 Å². The molecule has 0 aliphatic carbocycles. The zero-order valence-electron chi connectivity index (χ0n) is 7.30. The molecule has 0 saturated heterocycles. The molecule has 2 rings (SSSR count). The molecule has 1 aromatic heterocycles. The van der Waals surface area contributed by atoms with E-state index in [2.05, 4.69) is 15.5 Å². The molecule has 1 amide bonds. The van der Waals surface area contributed by atoms with E-state index < -0.39 is 0 Å². The van der Waals surface area contributed by atoms with Crippen LogP contribution in [0.4, 0.5) is 11.5 Å². The van der Waals surface area contributed by atoms with E-state index in [1.807, 2.05) is 0 Å². The van der Waals surface area contributed by atoms with E-state index in [9.17, 15) is 9.59 Å². The van der Waals surface area contributed by atoms with Gasteiger partial charge in [-0.05, 0) is 6.07 Å². The summed E-state index contributed by atoms with van der Waals surface area (Å²) in [6, 6.07) is 1.65. The number of carbonyl (C=O) groups is 2. The molecule has 0 aromatic carbocycles. The molecule has 0 saturated carbocycles. The first-order valence-electron chi connectivity index (χ1n) is 4.11. The first kappa shape index (κ1) is 8.61. The van der Waals surface area contributed by atoms with Gasteiger partial charge in [-0.3, -0.25) is 4.79 Å². The first-order valence-corrected chi connectivity index (χ1v) is 4.11. The Kier molecular flexibility index (Phi) is 2.10. The van der Waals surface area contributed by atoms with Gasteiger partial charge in [0.2, 0.25) is 5.91 Å². The number of hydrogen-bond acceptors (Lipinski definition) is 5. The number of nitrogens with zero attached hydrogens (tertiary/aromatic N) is 3. The van der Waals surface area contributed by atoms with Crippen LogP contribution in [0.3, 0.4) is 0 Å². The second kappa shape index (κ2) is 3.41. The van der Waals surface area contributed by atoms with Crippen LogP contribution in [-0.2, 0) is 9.59 Å². The minimum atomic E-state index is -0.146. The molecule has 1 aliphatic rings. The third-order valence-corrected chi connectivity index (χ3v) is 1.90. The van der Waals surface area contributed by atoms with E-state index >= 15 is 0 Å². The number of aromatic nitrogens is 2. The van der Waals surface area contributed by atoms with Crippen molar-refractivity contribution in [3.05, 3.63) is 12.3 Å². The number of anilines is 2. The van der Waals surface area contributed by atoms with Gasteiger partial charge in [-0.25, -0.2) is 0 Å². The number of amides is 1. The van der Waals surface area contributed by atoms with Crippen LogP contribution in [0.15, 0.2) is 12.3 Å². The molecule has 0 atom stereocenters. The SMILES string of the molecule is O=CCN1CC(=O)Nc2ccnnc21. The summed E-state index contributed by atoms with van der Waals surface area (Å²) in [6.45, 7) is 0.295. The van der Waals surface area contributed by atoms with Crippen molar-refractivity contribution >= 4 is 23.7 Å². The maximum absolute atomic E-state index is 11.2. The Balaban J connectivity index is 2.37. The molecule has 0 radical (unpaired) electrons. The van der Waals surface area contributed by atoms with Crippen LogP contribution in [0, 0.1) is 0 Å². The second-order valence-corrected chi connectivity index (χ2v) is 2.86. The van der Waals surface area contributed by atoms with Gasteiger partial charge in [-0.2, -0.15) is 5.10 Å². The molecule has 0 bridgehead atoms. The molecular formula is C8H8N4O2. The third-order valence-electron chi connectivity index (χ3n) is 1.90. The van der Waals surface area contributed by atoms with E-state index in [1.165, 1.54) is 6.20 Å². The Hall–Kier alpha value is -1.98. The van der Waals surface area contributed by atoms with Crippen LogP contribution >= 0.6 is 0 Å². The van der Waals surface area contributed by atoms with Crippen molar-refractivity contribution in [2.75, 3.05) is 23.3 Å². The average molecular weight is 192 g/mol. The lowest BCUT2D eigenvalue weighted by atomic mass is 10.3. The summed E-state index contributed by atoms with van der Waals surface area (Å²) in [5.41, 5.74) is 0.595. The van der Waals surface area contributed by atoms with Gasteiger partial charge >= 0.3 is 0 Å². The van der Waals surface area contributed by atoms with E-state index in [1.54, 1.807) is 11.0 Å². The largest absolute Gasteiger partial charge is 0.337 e. The molecule has 6 nitrogen and oxygen atoms in total. The molecule has 1 aliphatic heterocycles. The molecule has 0 spiro atoms. The van der Waals surface area contributed by atoms with Gasteiger partial charge < -0.3 is 15.0 Å². The third kappa shape index (κ3) is 1.41. The van der Waals surface area contributed by atoms with E-state index in [0.29, 0.717) is 11.5 Å². The fourth-order valence-electron chi connectivity index (χ4n) is 1.33. The lowest BCUT2D eigenvalue weighted by Crippen LogP contribution is -2.39. The van der Waals surface area contributed by atoms with Gasteiger partial charge in [0.05, 0.1) is 25.0 Å². The van der Waals surface area contributed by atoms with Crippen molar-refractivity contribution in [1.29, 1.82) is 0 Å². The van der Waals surface area contributed by atoms with Crippen molar-refractivity contribution in [3.63, 3.8) is 0 Å². The molecule has 6 heteroatoms. The highest BCUT2D eigenvalue weighted by atomic mass is 16.2. The minimum Gasteiger partial charge on any atom is -0.337 e. The zero-order chi connectivity index (χ0) is 9.97. The quantitative estimate of drug-likeness (QED) is 0.635. The average Bonchev–Trinajstić information content (AvgIpc) is 2.18. The second-order valence-electron chi connectivity index (χ2n) is 2.86. The number of fused-ring (bicyclic) bond motifs is 1. The highest BCUT2D eigenvalue weighted by molar-refractivity contribution is 6.00. The fourth-order valence-corrected chi connectivity index (χ4v) is 1.33. The van der Waals surface area contributed by atoms with Crippen molar-refractivity contribution < 1.29 is 9.59 Å². The normalized spacial score (nSPS) is 14.6. The van der Waals surface area contributed by atoms with E-state index in [4.69, 9.17) is 0 Å². The Bertz CT molecular complexity index is 379. The summed E-state index contributed by atoms with van der Waals surface area (Å²) in [5.74, 6) is 0.395. The number of rotatable bonds is 2. The standard InChI is InChI=1S/C8H8N4O2/c13-4-3-12-5-7(14)10-6-1-2-9-11-8(6)12/h1-2,4H,3,5H2,(H,10,14). The van der Waals surface area contributed by atoms with Crippen LogP contribution in [0.2, 0.25) is 0 Å².